The minimum atomic E-state index is -0.395. The van der Waals surface area contributed by atoms with Gasteiger partial charge in [0.25, 0.3) is 5.56 Å². The third kappa shape index (κ3) is 2.34. The van der Waals surface area contributed by atoms with Crippen molar-refractivity contribution in [2.24, 2.45) is 0 Å². The fourth-order valence-electron chi connectivity index (χ4n) is 2.81. The van der Waals surface area contributed by atoms with E-state index in [0.717, 1.165) is 24.2 Å². The molecule has 2 heterocycles. The number of nitrogens with one attached hydrogen (secondary N) is 1. The number of aromatic nitrogens is 4. The first-order chi connectivity index (χ1) is 11.2. The summed E-state index contributed by atoms with van der Waals surface area (Å²) in [5.41, 5.74) is 1.16. The van der Waals surface area contributed by atoms with E-state index in [2.05, 4.69) is 9.97 Å². The molecule has 118 valence electrons. The standard InChI is InChI=1S/C16H16N4O3/c1-23-12-6-2-10(3-7-12)8-19-9-17-14-13(19)15(21)18-16(22)20(14)11-4-5-11/h2-3,6-7,9,11H,4-5,8H2,1H3,(H,18,21,22). The van der Waals surface area contributed by atoms with Crippen LogP contribution in [-0.2, 0) is 6.54 Å². The number of methoxy groups -OCH3 is 1. The maximum atomic E-state index is 12.2. The molecule has 23 heavy (non-hydrogen) atoms. The molecule has 0 saturated heterocycles. The average molecular weight is 312 g/mol. The minimum Gasteiger partial charge on any atom is -0.497 e. The van der Waals surface area contributed by atoms with Gasteiger partial charge in [0.2, 0.25) is 0 Å². The zero-order valence-corrected chi connectivity index (χ0v) is 12.7. The maximum Gasteiger partial charge on any atom is 0.330 e. The summed E-state index contributed by atoms with van der Waals surface area (Å²) in [6.07, 6.45) is 3.52. The van der Waals surface area contributed by atoms with Gasteiger partial charge in [0.05, 0.1) is 13.4 Å². The van der Waals surface area contributed by atoms with Crippen LogP contribution >= 0.6 is 0 Å². The van der Waals surface area contributed by atoms with E-state index in [1.165, 1.54) is 0 Å². The summed E-state index contributed by atoms with van der Waals surface area (Å²) in [5.74, 6) is 0.782. The van der Waals surface area contributed by atoms with Gasteiger partial charge in [0, 0.05) is 12.6 Å². The van der Waals surface area contributed by atoms with Crippen LogP contribution in [0.3, 0.4) is 0 Å². The topological polar surface area (TPSA) is 81.9 Å². The van der Waals surface area contributed by atoms with Crippen LogP contribution in [0, 0.1) is 0 Å². The number of hydrogen-bond donors (Lipinski definition) is 1. The molecule has 7 heteroatoms. The quantitative estimate of drug-likeness (QED) is 0.787. The number of hydrogen-bond acceptors (Lipinski definition) is 4. The van der Waals surface area contributed by atoms with E-state index in [9.17, 15) is 9.59 Å². The molecule has 0 spiro atoms. The number of imidazole rings is 1. The largest absolute Gasteiger partial charge is 0.497 e. The first kappa shape index (κ1) is 13.8. The SMILES string of the molecule is COc1ccc(Cn2cnc3c2c(=O)[nH]c(=O)n3C2CC2)cc1. The molecule has 0 bridgehead atoms. The van der Waals surface area contributed by atoms with E-state index in [4.69, 9.17) is 4.74 Å². The zero-order valence-electron chi connectivity index (χ0n) is 12.7. The molecule has 0 amide bonds. The normalized spacial score (nSPS) is 14.3. The molecular weight excluding hydrogens is 296 g/mol. The first-order valence-electron chi connectivity index (χ1n) is 7.50. The molecule has 0 atom stereocenters. The molecule has 0 radical (unpaired) electrons. The van der Waals surface area contributed by atoms with Crippen molar-refractivity contribution in [2.75, 3.05) is 7.11 Å². The summed E-state index contributed by atoms with van der Waals surface area (Å²) in [6, 6.07) is 7.79. The van der Waals surface area contributed by atoms with Crippen LogP contribution in [0.1, 0.15) is 24.4 Å². The lowest BCUT2D eigenvalue weighted by Crippen LogP contribution is -2.30. The van der Waals surface area contributed by atoms with Crippen LogP contribution in [0.2, 0.25) is 0 Å². The Labute approximate surface area is 131 Å². The Morgan fingerprint density at radius 3 is 2.65 bits per heavy atom. The van der Waals surface area contributed by atoms with Gasteiger partial charge >= 0.3 is 5.69 Å². The predicted octanol–water partition coefficient (Wildman–Crippen LogP) is 1.28. The fourth-order valence-corrected chi connectivity index (χ4v) is 2.81. The maximum absolute atomic E-state index is 12.2. The van der Waals surface area contributed by atoms with Crippen molar-refractivity contribution in [2.45, 2.75) is 25.4 Å². The van der Waals surface area contributed by atoms with Crippen molar-refractivity contribution >= 4 is 11.2 Å². The summed E-state index contributed by atoms with van der Waals surface area (Å²) in [6.45, 7) is 0.506. The zero-order chi connectivity index (χ0) is 16.0. The molecule has 4 rings (SSSR count). The van der Waals surface area contributed by atoms with Crippen molar-refractivity contribution in [1.82, 2.24) is 19.1 Å². The highest BCUT2D eigenvalue weighted by molar-refractivity contribution is 5.70. The van der Waals surface area contributed by atoms with Gasteiger partial charge in [-0.3, -0.25) is 14.3 Å². The lowest BCUT2D eigenvalue weighted by atomic mass is 10.2. The van der Waals surface area contributed by atoms with Gasteiger partial charge < -0.3 is 9.30 Å². The van der Waals surface area contributed by atoms with Gasteiger partial charge in [-0.1, -0.05) is 12.1 Å². The molecular formula is C16H16N4O3. The molecule has 0 unspecified atom stereocenters. The molecule has 1 aromatic carbocycles. The summed E-state index contributed by atoms with van der Waals surface area (Å²) in [7, 11) is 1.62. The van der Waals surface area contributed by atoms with E-state index in [-0.39, 0.29) is 11.7 Å². The minimum absolute atomic E-state index is 0.159. The second-order valence-electron chi connectivity index (χ2n) is 5.75. The smallest absolute Gasteiger partial charge is 0.330 e. The molecule has 0 aliphatic heterocycles. The Balaban J connectivity index is 1.80. The molecule has 3 aromatic rings. The van der Waals surface area contributed by atoms with Gasteiger partial charge in [0.1, 0.15) is 5.75 Å². The van der Waals surface area contributed by atoms with E-state index in [1.54, 1.807) is 22.6 Å². The lowest BCUT2D eigenvalue weighted by molar-refractivity contribution is 0.414. The monoisotopic (exact) mass is 312 g/mol. The van der Waals surface area contributed by atoms with Crippen LogP contribution < -0.4 is 16.0 Å². The predicted molar refractivity (Wildman–Crippen MR) is 85.0 cm³/mol. The van der Waals surface area contributed by atoms with Crippen LogP contribution in [-0.4, -0.2) is 26.2 Å². The summed E-state index contributed by atoms with van der Waals surface area (Å²) in [4.78, 5) is 31.0. The third-order valence-corrected chi connectivity index (χ3v) is 4.12. The number of benzene rings is 1. The van der Waals surface area contributed by atoms with E-state index in [0.29, 0.717) is 17.7 Å². The van der Waals surface area contributed by atoms with Crippen molar-refractivity contribution in [3.63, 3.8) is 0 Å². The van der Waals surface area contributed by atoms with E-state index < -0.39 is 5.56 Å². The van der Waals surface area contributed by atoms with Crippen molar-refractivity contribution in [3.8, 4) is 5.75 Å². The summed E-state index contributed by atoms with van der Waals surface area (Å²) in [5, 5.41) is 0. The number of aromatic amines is 1. The highest BCUT2D eigenvalue weighted by atomic mass is 16.5. The first-order valence-corrected chi connectivity index (χ1v) is 7.50. The highest BCUT2D eigenvalue weighted by Crippen LogP contribution is 2.34. The fraction of sp³-hybridized carbons (Fsp3) is 0.312. The highest BCUT2D eigenvalue weighted by Gasteiger charge is 2.28. The second kappa shape index (κ2) is 5.12. The lowest BCUT2D eigenvalue weighted by Gasteiger charge is -2.07. The Hall–Kier alpha value is -2.83. The van der Waals surface area contributed by atoms with Gasteiger partial charge in [0.15, 0.2) is 11.2 Å². The van der Waals surface area contributed by atoms with Crippen molar-refractivity contribution in [1.29, 1.82) is 0 Å². The number of fused-ring (bicyclic) bond motifs is 1. The van der Waals surface area contributed by atoms with Crippen LogP contribution in [0.5, 0.6) is 5.75 Å². The molecule has 7 nitrogen and oxygen atoms in total. The van der Waals surface area contributed by atoms with Crippen molar-refractivity contribution in [3.05, 3.63) is 57.0 Å². The summed E-state index contributed by atoms with van der Waals surface area (Å²) >= 11 is 0. The van der Waals surface area contributed by atoms with Crippen molar-refractivity contribution < 1.29 is 4.74 Å². The number of nitrogens with zero attached hydrogens (tertiary/aromatic N) is 3. The number of rotatable bonds is 4. The molecule has 2 aromatic heterocycles. The second-order valence-corrected chi connectivity index (χ2v) is 5.75. The van der Waals surface area contributed by atoms with Gasteiger partial charge in [-0.05, 0) is 30.5 Å². The molecule has 1 aliphatic rings. The number of ether oxygens (including phenoxy) is 1. The Morgan fingerprint density at radius 2 is 2.00 bits per heavy atom. The summed E-state index contributed by atoms with van der Waals surface area (Å²) < 4.78 is 8.51. The third-order valence-electron chi connectivity index (χ3n) is 4.12. The van der Waals surface area contributed by atoms with Crippen LogP contribution in [0.4, 0.5) is 0 Å². The Morgan fingerprint density at radius 1 is 1.26 bits per heavy atom. The Bertz CT molecular complexity index is 977. The van der Waals surface area contributed by atoms with E-state index in [1.807, 2.05) is 24.3 Å². The Kier molecular flexibility index (Phi) is 3.07. The average Bonchev–Trinajstić information content (AvgIpc) is 3.29. The van der Waals surface area contributed by atoms with E-state index >= 15 is 0 Å². The molecule has 1 fully saturated rings. The van der Waals surface area contributed by atoms with Gasteiger partial charge in [-0.2, -0.15) is 0 Å². The van der Waals surface area contributed by atoms with Gasteiger partial charge in [-0.15, -0.1) is 0 Å². The molecule has 1 saturated carbocycles. The molecule has 1 aliphatic carbocycles. The number of H-pyrrole nitrogens is 1. The van der Waals surface area contributed by atoms with Gasteiger partial charge in [-0.25, -0.2) is 9.78 Å². The van der Waals surface area contributed by atoms with Crippen LogP contribution in [0.15, 0.2) is 40.2 Å². The van der Waals surface area contributed by atoms with Crippen LogP contribution in [0.25, 0.3) is 11.2 Å². The molecule has 1 N–H and O–H groups in total.